The Hall–Kier alpha value is -0.370. The topological polar surface area (TPSA) is 20.3 Å². The first-order valence-corrected chi connectivity index (χ1v) is 4.97. The van der Waals surface area contributed by atoms with Crippen LogP contribution in [0, 0.1) is 5.41 Å². The molecule has 2 nitrogen and oxygen atoms in total. The minimum atomic E-state index is 0.0880. The van der Waals surface area contributed by atoms with Gasteiger partial charge in [0, 0.05) is 6.42 Å². The molecule has 0 aliphatic heterocycles. The van der Waals surface area contributed by atoms with Crippen molar-refractivity contribution in [3.8, 4) is 0 Å². The Kier molecular flexibility index (Phi) is 4.62. The molecule has 0 rings (SSSR count). The van der Waals surface area contributed by atoms with Crippen molar-refractivity contribution < 1.29 is 4.79 Å². The van der Waals surface area contributed by atoms with E-state index in [0.29, 0.717) is 12.2 Å². The Morgan fingerprint density at radius 1 is 1.31 bits per heavy atom. The molecule has 78 valence electrons. The lowest BCUT2D eigenvalue weighted by Gasteiger charge is -2.29. The number of nitrogens with zero attached hydrogens (tertiary/aromatic N) is 1. The lowest BCUT2D eigenvalue weighted by atomic mass is 9.86. The van der Waals surface area contributed by atoms with E-state index in [4.69, 9.17) is 0 Å². The van der Waals surface area contributed by atoms with Gasteiger partial charge in [0.2, 0.25) is 0 Å². The Labute approximate surface area is 82.3 Å². The van der Waals surface area contributed by atoms with Gasteiger partial charge in [0.1, 0.15) is 5.78 Å². The van der Waals surface area contributed by atoms with Crippen molar-refractivity contribution in [2.45, 2.75) is 46.6 Å². The van der Waals surface area contributed by atoms with Crippen molar-refractivity contribution in [1.82, 2.24) is 4.90 Å². The first kappa shape index (κ1) is 12.6. The van der Waals surface area contributed by atoms with Crippen LogP contribution in [-0.2, 0) is 4.79 Å². The van der Waals surface area contributed by atoms with E-state index in [-0.39, 0.29) is 11.5 Å². The average Bonchev–Trinajstić information content (AvgIpc) is 1.96. The van der Waals surface area contributed by atoms with Crippen molar-refractivity contribution in [3.05, 3.63) is 0 Å². The van der Waals surface area contributed by atoms with Crippen LogP contribution in [0.1, 0.15) is 40.5 Å². The van der Waals surface area contributed by atoms with E-state index in [1.807, 2.05) is 25.9 Å². The van der Waals surface area contributed by atoms with Crippen molar-refractivity contribution in [2.24, 2.45) is 5.41 Å². The summed E-state index contributed by atoms with van der Waals surface area (Å²) in [5.74, 6) is 0.347. The van der Waals surface area contributed by atoms with Crippen LogP contribution in [0.15, 0.2) is 0 Å². The molecule has 1 atom stereocenters. The lowest BCUT2D eigenvalue weighted by molar-refractivity contribution is -0.124. The monoisotopic (exact) mass is 185 g/mol. The molecule has 0 aliphatic carbocycles. The number of ketones is 1. The van der Waals surface area contributed by atoms with Crippen molar-refractivity contribution in [3.63, 3.8) is 0 Å². The van der Waals surface area contributed by atoms with Crippen molar-refractivity contribution >= 4 is 5.78 Å². The van der Waals surface area contributed by atoms with Crippen LogP contribution >= 0.6 is 0 Å². The Morgan fingerprint density at radius 3 is 2.00 bits per heavy atom. The summed E-state index contributed by atoms with van der Waals surface area (Å²) in [6.45, 7) is 8.45. The Morgan fingerprint density at radius 2 is 1.77 bits per heavy atom. The third-order valence-corrected chi connectivity index (χ3v) is 2.15. The number of hydrogen-bond acceptors (Lipinski definition) is 2. The summed E-state index contributed by atoms with van der Waals surface area (Å²) in [5, 5.41) is 0. The molecule has 13 heavy (non-hydrogen) atoms. The van der Waals surface area contributed by atoms with Gasteiger partial charge in [-0.3, -0.25) is 9.69 Å². The second kappa shape index (κ2) is 4.75. The molecule has 0 saturated carbocycles. The van der Waals surface area contributed by atoms with E-state index >= 15 is 0 Å². The fourth-order valence-corrected chi connectivity index (χ4v) is 1.40. The van der Waals surface area contributed by atoms with Crippen LogP contribution in [0.25, 0.3) is 0 Å². The standard InChI is InChI=1S/C11H23NO/c1-7-10(13)9(12(5)6)8-11(2,3)4/h9H,7-8H2,1-6H3. The van der Waals surface area contributed by atoms with Gasteiger partial charge in [-0.05, 0) is 25.9 Å². The number of rotatable bonds is 4. The van der Waals surface area contributed by atoms with Crippen LogP contribution in [-0.4, -0.2) is 30.8 Å². The number of carbonyl (C=O) groups excluding carboxylic acids is 1. The molecule has 0 aromatic rings. The van der Waals surface area contributed by atoms with Gasteiger partial charge in [0.25, 0.3) is 0 Å². The number of likely N-dealkylation sites (N-methyl/N-ethyl adjacent to an activating group) is 1. The molecule has 0 aromatic heterocycles. The maximum absolute atomic E-state index is 11.6. The van der Waals surface area contributed by atoms with Crippen molar-refractivity contribution in [2.75, 3.05) is 14.1 Å². The Balaban J connectivity index is 4.36. The molecule has 0 aliphatic rings. The van der Waals surface area contributed by atoms with Crippen LogP contribution in [0.2, 0.25) is 0 Å². The second-order valence-electron chi connectivity index (χ2n) is 5.06. The summed E-state index contributed by atoms with van der Waals surface area (Å²) in [7, 11) is 3.95. The third kappa shape index (κ3) is 5.04. The maximum Gasteiger partial charge on any atom is 0.149 e. The second-order valence-corrected chi connectivity index (χ2v) is 5.06. The normalized spacial score (nSPS) is 14.7. The van der Waals surface area contributed by atoms with Gasteiger partial charge in [0.15, 0.2) is 0 Å². The fourth-order valence-electron chi connectivity index (χ4n) is 1.40. The van der Waals surface area contributed by atoms with Gasteiger partial charge in [-0.1, -0.05) is 27.7 Å². The van der Waals surface area contributed by atoms with Gasteiger partial charge in [-0.25, -0.2) is 0 Å². The van der Waals surface area contributed by atoms with Gasteiger partial charge < -0.3 is 0 Å². The summed E-state index contributed by atoms with van der Waals surface area (Å²) < 4.78 is 0. The van der Waals surface area contributed by atoms with Gasteiger partial charge >= 0.3 is 0 Å². The summed E-state index contributed by atoms with van der Waals surface area (Å²) >= 11 is 0. The number of hydrogen-bond donors (Lipinski definition) is 0. The van der Waals surface area contributed by atoms with E-state index in [0.717, 1.165) is 6.42 Å². The van der Waals surface area contributed by atoms with E-state index in [1.54, 1.807) is 0 Å². The minimum absolute atomic E-state index is 0.0880. The Bertz CT molecular complexity index is 167. The van der Waals surface area contributed by atoms with Crippen LogP contribution in [0.3, 0.4) is 0 Å². The third-order valence-electron chi connectivity index (χ3n) is 2.15. The van der Waals surface area contributed by atoms with E-state index < -0.39 is 0 Å². The van der Waals surface area contributed by atoms with Gasteiger partial charge in [-0.2, -0.15) is 0 Å². The van der Waals surface area contributed by atoms with Gasteiger partial charge in [0.05, 0.1) is 6.04 Å². The molecule has 0 amide bonds. The van der Waals surface area contributed by atoms with Crippen LogP contribution < -0.4 is 0 Å². The quantitative estimate of drug-likeness (QED) is 0.670. The molecule has 0 saturated heterocycles. The van der Waals surface area contributed by atoms with E-state index in [1.165, 1.54) is 0 Å². The molecule has 2 heteroatoms. The summed E-state index contributed by atoms with van der Waals surface area (Å²) in [5.41, 5.74) is 0.222. The molecule has 0 bridgehead atoms. The zero-order valence-electron chi connectivity index (χ0n) is 9.85. The first-order chi connectivity index (χ1) is 5.78. The molecule has 1 unspecified atom stereocenters. The maximum atomic E-state index is 11.6. The molecular formula is C11H23NO. The predicted octanol–water partition coefficient (Wildman–Crippen LogP) is 2.33. The summed E-state index contributed by atoms with van der Waals surface area (Å²) in [4.78, 5) is 13.6. The first-order valence-electron chi connectivity index (χ1n) is 4.97. The number of carbonyl (C=O) groups is 1. The highest BCUT2D eigenvalue weighted by molar-refractivity contribution is 5.83. The smallest absolute Gasteiger partial charge is 0.149 e. The van der Waals surface area contributed by atoms with Crippen LogP contribution in [0.4, 0.5) is 0 Å². The molecule has 0 heterocycles. The minimum Gasteiger partial charge on any atom is -0.300 e. The van der Waals surface area contributed by atoms with E-state index in [9.17, 15) is 4.79 Å². The fraction of sp³-hybridized carbons (Fsp3) is 0.909. The highest BCUT2D eigenvalue weighted by Crippen LogP contribution is 2.23. The highest BCUT2D eigenvalue weighted by Gasteiger charge is 2.24. The lowest BCUT2D eigenvalue weighted by Crippen LogP contribution is -2.38. The molecule has 0 N–H and O–H groups in total. The molecule has 0 radical (unpaired) electrons. The average molecular weight is 185 g/mol. The molecule has 0 spiro atoms. The van der Waals surface area contributed by atoms with Crippen molar-refractivity contribution in [1.29, 1.82) is 0 Å². The zero-order valence-corrected chi connectivity index (χ0v) is 9.85. The largest absolute Gasteiger partial charge is 0.300 e. The van der Waals surface area contributed by atoms with Gasteiger partial charge in [-0.15, -0.1) is 0 Å². The van der Waals surface area contributed by atoms with E-state index in [2.05, 4.69) is 20.8 Å². The SMILES string of the molecule is CCC(=O)C(CC(C)(C)C)N(C)C. The highest BCUT2D eigenvalue weighted by atomic mass is 16.1. The molecular weight excluding hydrogens is 162 g/mol. The summed E-state index contributed by atoms with van der Waals surface area (Å²) in [6, 6.07) is 0.0880. The zero-order chi connectivity index (χ0) is 10.6. The molecule has 0 aromatic carbocycles. The molecule has 0 fully saturated rings. The van der Waals surface area contributed by atoms with Crippen LogP contribution in [0.5, 0.6) is 0 Å². The summed E-state index contributed by atoms with van der Waals surface area (Å²) in [6.07, 6.45) is 1.58. The number of Topliss-reactive ketones (excluding diaryl/α,β-unsaturated/α-hetero) is 1. The predicted molar refractivity (Wildman–Crippen MR) is 56.8 cm³/mol.